The van der Waals surface area contributed by atoms with Crippen LogP contribution in [0.25, 0.3) is 0 Å². The standard InChI is InChI=1S/C11H16N4O2/c1-16-6-4-8-3-2-5-15-10(8)9(7-12)11(13)17-14/h2-3,5,7,12-13,15H,4,6,14H2,1H3/b10-9+,12-7?,13-11?. The van der Waals surface area contributed by atoms with Gasteiger partial charge in [0.05, 0.1) is 17.9 Å². The van der Waals surface area contributed by atoms with E-state index in [1.807, 2.05) is 12.2 Å². The van der Waals surface area contributed by atoms with Gasteiger partial charge in [-0.05, 0) is 18.1 Å². The van der Waals surface area contributed by atoms with Crippen LogP contribution in [0.4, 0.5) is 0 Å². The molecule has 6 heteroatoms. The van der Waals surface area contributed by atoms with E-state index >= 15 is 0 Å². The highest BCUT2D eigenvalue weighted by molar-refractivity contribution is 6.11. The minimum Gasteiger partial charge on any atom is -0.391 e. The van der Waals surface area contributed by atoms with E-state index in [0.29, 0.717) is 24.3 Å². The van der Waals surface area contributed by atoms with Crippen molar-refractivity contribution in [2.45, 2.75) is 6.42 Å². The first-order valence-corrected chi connectivity index (χ1v) is 5.06. The summed E-state index contributed by atoms with van der Waals surface area (Å²) in [4.78, 5) is 4.36. The van der Waals surface area contributed by atoms with Gasteiger partial charge >= 0.3 is 0 Å². The maximum Gasteiger partial charge on any atom is 0.241 e. The number of nitrogens with one attached hydrogen (secondary N) is 3. The van der Waals surface area contributed by atoms with Crippen LogP contribution in [0.1, 0.15) is 6.42 Å². The number of hydrogen-bond donors (Lipinski definition) is 4. The zero-order valence-electron chi connectivity index (χ0n) is 9.62. The van der Waals surface area contributed by atoms with Gasteiger partial charge in [-0.3, -0.25) is 5.41 Å². The minimum atomic E-state index is -0.249. The molecular weight excluding hydrogens is 220 g/mol. The Kier molecular flexibility index (Phi) is 5.12. The van der Waals surface area contributed by atoms with Crippen molar-refractivity contribution in [1.82, 2.24) is 5.32 Å². The molecule has 0 amide bonds. The summed E-state index contributed by atoms with van der Waals surface area (Å²) >= 11 is 0. The molecule has 17 heavy (non-hydrogen) atoms. The highest BCUT2D eigenvalue weighted by Gasteiger charge is 2.15. The van der Waals surface area contributed by atoms with Gasteiger partial charge in [-0.15, -0.1) is 0 Å². The molecule has 5 N–H and O–H groups in total. The van der Waals surface area contributed by atoms with E-state index in [1.165, 1.54) is 0 Å². The summed E-state index contributed by atoms with van der Waals surface area (Å²) < 4.78 is 5.01. The van der Waals surface area contributed by atoms with E-state index < -0.39 is 0 Å². The van der Waals surface area contributed by atoms with Crippen LogP contribution in [-0.2, 0) is 9.57 Å². The number of methoxy groups -OCH3 is 1. The monoisotopic (exact) mass is 236 g/mol. The van der Waals surface area contributed by atoms with Crippen LogP contribution in [-0.4, -0.2) is 25.8 Å². The summed E-state index contributed by atoms with van der Waals surface area (Å²) in [7, 11) is 1.62. The summed E-state index contributed by atoms with van der Waals surface area (Å²) in [5, 5.41) is 17.8. The topological polar surface area (TPSA) is 104 Å². The molecule has 0 radical (unpaired) electrons. The highest BCUT2D eigenvalue weighted by Crippen LogP contribution is 2.19. The molecule has 6 nitrogen and oxygen atoms in total. The van der Waals surface area contributed by atoms with Crippen molar-refractivity contribution in [3.8, 4) is 0 Å². The highest BCUT2D eigenvalue weighted by atomic mass is 16.6. The lowest BCUT2D eigenvalue weighted by molar-refractivity contribution is 0.202. The molecule has 1 heterocycles. The van der Waals surface area contributed by atoms with Crippen LogP contribution in [0.5, 0.6) is 0 Å². The molecule has 0 aromatic heterocycles. The quantitative estimate of drug-likeness (QED) is 0.322. The van der Waals surface area contributed by atoms with Crippen LogP contribution in [0.2, 0.25) is 0 Å². The normalized spacial score (nSPS) is 16.9. The third-order valence-corrected chi connectivity index (χ3v) is 2.29. The molecule has 0 unspecified atom stereocenters. The molecule has 92 valence electrons. The molecule has 0 spiro atoms. The molecule has 1 rings (SSSR count). The Labute approximate surface area is 99.8 Å². The van der Waals surface area contributed by atoms with Gasteiger partial charge in [0.1, 0.15) is 0 Å². The lowest BCUT2D eigenvalue weighted by Gasteiger charge is -2.17. The van der Waals surface area contributed by atoms with E-state index in [4.69, 9.17) is 21.5 Å². The number of hydrogen-bond acceptors (Lipinski definition) is 6. The lowest BCUT2D eigenvalue weighted by atomic mass is 10.0. The molecule has 1 aliphatic heterocycles. The van der Waals surface area contributed by atoms with E-state index in [2.05, 4.69) is 10.2 Å². The van der Waals surface area contributed by atoms with Gasteiger partial charge in [-0.1, -0.05) is 6.08 Å². The molecule has 0 aliphatic carbocycles. The van der Waals surface area contributed by atoms with Crippen molar-refractivity contribution >= 4 is 12.1 Å². The zero-order chi connectivity index (χ0) is 12.7. The zero-order valence-corrected chi connectivity index (χ0v) is 9.62. The average Bonchev–Trinajstić information content (AvgIpc) is 2.38. The fourth-order valence-electron chi connectivity index (χ4n) is 1.46. The van der Waals surface area contributed by atoms with Crippen LogP contribution in [0, 0.1) is 10.8 Å². The van der Waals surface area contributed by atoms with E-state index in [9.17, 15) is 0 Å². The van der Waals surface area contributed by atoms with Crippen molar-refractivity contribution in [2.75, 3.05) is 13.7 Å². The second-order valence-electron chi connectivity index (χ2n) is 3.32. The first-order chi connectivity index (χ1) is 8.24. The molecule has 0 saturated carbocycles. The molecule has 0 atom stereocenters. The van der Waals surface area contributed by atoms with Crippen LogP contribution in [0.15, 0.2) is 35.2 Å². The SMILES string of the molecule is COCCC1=CC=CN/C1=C(\C=N)C(=N)ON. The van der Waals surface area contributed by atoms with Crippen molar-refractivity contribution in [3.63, 3.8) is 0 Å². The van der Waals surface area contributed by atoms with E-state index in [-0.39, 0.29) is 5.90 Å². The van der Waals surface area contributed by atoms with Crippen LogP contribution < -0.4 is 11.2 Å². The van der Waals surface area contributed by atoms with Crippen molar-refractivity contribution in [3.05, 3.63) is 35.2 Å². The number of nitrogens with two attached hydrogens (primary N) is 1. The van der Waals surface area contributed by atoms with Crippen molar-refractivity contribution < 1.29 is 9.57 Å². The molecule has 0 aromatic rings. The fraction of sp³-hybridized carbons (Fsp3) is 0.273. The summed E-state index contributed by atoms with van der Waals surface area (Å²) in [6, 6.07) is 0. The summed E-state index contributed by atoms with van der Waals surface area (Å²) in [6.45, 7) is 0.562. The third kappa shape index (κ3) is 3.27. The Balaban J connectivity index is 3.03. The largest absolute Gasteiger partial charge is 0.391 e. The summed E-state index contributed by atoms with van der Waals surface area (Å²) in [6.07, 6.45) is 7.19. The Morgan fingerprint density at radius 2 is 2.35 bits per heavy atom. The van der Waals surface area contributed by atoms with Crippen molar-refractivity contribution in [1.29, 1.82) is 10.8 Å². The maximum absolute atomic E-state index is 7.52. The second-order valence-corrected chi connectivity index (χ2v) is 3.32. The van der Waals surface area contributed by atoms with Gasteiger partial charge in [-0.2, -0.15) is 5.90 Å². The number of rotatable bonds is 5. The predicted octanol–water partition coefficient (Wildman–Crippen LogP) is 0.837. The summed E-state index contributed by atoms with van der Waals surface area (Å²) in [5.41, 5.74) is 1.89. The van der Waals surface area contributed by atoms with Gasteiger partial charge in [0, 0.05) is 19.5 Å². The second kappa shape index (κ2) is 6.62. The Bertz CT molecular complexity index is 396. The van der Waals surface area contributed by atoms with Gasteiger partial charge < -0.3 is 20.3 Å². The van der Waals surface area contributed by atoms with E-state index in [0.717, 1.165) is 11.8 Å². The lowest BCUT2D eigenvalue weighted by Crippen LogP contribution is -2.21. The average molecular weight is 236 g/mol. The molecule has 0 aromatic carbocycles. The fourth-order valence-corrected chi connectivity index (χ4v) is 1.46. The number of dihydropyridines is 1. The van der Waals surface area contributed by atoms with Crippen LogP contribution >= 0.6 is 0 Å². The van der Waals surface area contributed by atoms with E-state index in [1.54, 1.807) is 13.3 Å². The minimum absolute atomic E-state index is 0.249. The number of ether oxygens (including phenoxy) is 1. The maximum atomic E-state index is 7.52. The smallest absolute Gasteiger partial charge is 0.241 e. The molecule has 0 fully saturated rings. The van der Waals surface area contributed by atoms with Gasteiger partial charge in [0.25, 0.3) is 0 Å². The number of allylic oxidation sites excluding steroid dienone is 3. The first kappa shape index (κ1) is 13.1. The first-order valence-electron chi connectivity index (χ1n) is 5.06. The Morgan fingerprint density at radius 1 is 1.59 bits per heavy atom. The Hall–Kier alpha value is -1.92. The predicted molar refractivity (Wildman–Crippen MR) is 65.7 cm³/mol. The Morgan fingerprint density at radius 3 is 2.94 bits per heavy atom. The van der Waals surface area contributed by atoms with Gasteiger partial charge in [-0.25, -0.2) is 0 Å². The molecule has 0 bridgehead atoms. The summed E-state index contributed by atoms with van der Waals surface area (Å²) in [5.74, 6) is 4.70. The molecule has 1 aliphatic rings. The third-order valence-electron chi connectivity index (χ3n) is 2.29. The van der Waals surface area contributed by atoms with Crippen molar-refractivity contribution in [2.24, 2.45) is 5.90 Å². The molecule has 0 saturated heterocycles. The van der Waals surface area contributed by atoms with Gasteiger partial charge in [0.15, 0.2) is 0 Å². The van der Waals surface area contributed by atoms with Crippen LogP contribution in [0.3, 0.4) is 0 Å². The molecular formula is C11H16N4O2. The van der Waals surface area contributed by atoms with Gasteiger partial charge in [0.2, 0.25) is 5.90 Å².